The van der Waals surface area contributed by atoms with E-state index in [1.807, 2.05) is 0 Å². The normalized spacial score (nSPS) is 10.7. The van der Waals surface area contributed by atoms with Crippen LogP contribution < -0.4 is 9.64 Å². The Kier molecular flexibility index (Phi) is 5.44. The number of rotatable bonds is 6. The van der Waals surface area contributed by atoms with Crippen LogP contribution in [-0.2, 0) is 4.74 Å². The molecule has 1 aromatic heterocycles. The number of hydrogen-bond donors (Lipinski definition) is 0. The van der Waals surface area contributed by atoms with Gasteiger partial charge in [0, 0.05) is 19.7 Å². The lowest BCUT2D eigenvalue weighted by atomic mass is 10.3. The summed E-state index contributed by atoms with van der Waals surface area (Å²) in [4.78, 5) is 10.2. The summed E-state index contributed by atoms with van der Waals surface area (Å²) in [7, 11) is 3.23. The van der Waals surface area contributed by atoms with Gasteiger partial charge in [0.1, 0.15) is 6.33 Å². The Balaban J connectivity index is 3.04. The third-order valence-electron chi connectivity index (χ3n) is 2.38. The molecule has 0 N–H and O–H groups in total. The first-order chi connectivity index (χ1) is 8.11. The summed E-state index contributed by atoms with van der Waals surface area (Å²) in [5.74, 6) is 1.19. The molecule has 0 aliphatic rings. The maximum Gasteiger partial charge on any atom is 0.199 e. The number of anilines is 1. The van der Waals surface area contributed by atoms with Crippen LogP contribution in [0.3, 0.4) is 0 Å². The van der Waals surface area contributed by atoms with Crippen LogP contribution in [0.2, 0.25) is 5.15 Å². The minimum atomic E-state index is 0.269. The first kappa shape index (κ1) is 14.0. The van der Waals surface area contributed by atoms with Crippen molar-refractivity contribution >= 4 is 17.4 Å². The van der Waals surface area contributed by atoms with E-state index in [2.05, 4.69) is 28.7 Å². The lowest BCUT2D eigenvalue weighted by molar-refractivity contribution is 0.203. The maximum atomic E-state index is 5.98. The van der Waals surface area contributed by atoms with Gasteiger partial charge in [-0.15, -0.1) is 0 Å². The van der Waals surface area contributed by atoms with Crippen molar-refractivity contribution in [2.24, 2.45) is 0 Å². The van der Waals surface area contributed by atoms with Crippen molar-refractivity contribution in [2.45, 2.75) is 19.9 Å². The minimum absolute atomic E-state index is 0.269. The first-order valence-electron chi connectivity index (χ1n) is 5.41. The summed E-state index contributed by atoms with van der Waals surface area (Å²) in [5, 5.41) is 0.320. The van der Waals surface area contributed by atoms with E-state index >= 15 is 0 Å². The number of nitrogens with zero attached hydrogens (tertiary/aromatic N) is 3. The average Bonchev–Trinajstić information content (AvgIpc) is 2.29. The molecule has 0 aliphatic heterocycles. The molecule has 0 aromatic carbocycles. The van der Waals surface area contributed by atoms with E-state index < -0.39 is 0 Å². The zero-order valence-electron chi connectivity index (χ0n) is 10.6. The Morgan fingerprint density at radius 1 is 1.35 bits per heavy atom. The van der Waals surface area contributed by atoms with Crippen molar-refractivity contribution in [3.63, 3.8) is 0 Å². The molecule has 0 atom stereocenters. The second kappa shape index (κ2) is 6.61. The van der Waals surface area contributed by atoms with E-state index in [9.17, 15) is 0 Å². The van der Waals surface area contributed by atoms with E-state index in [0.29, 0.717) is 23.3 Å². The molecule has 0 radical (unpaired) electrons. The van der Waals surface area contributed by atoms with Crippen molar-refractivity contribution in [2.75, 3.05) is 32.3 Å². The largest absolute Gasteiger partial charge is 0.490 e. The Morgan fingerprint density at radius 2 is 2.06 bits per heavy atom. The Morgan fingerprint density at radius 3 is 2.59 bits per heavy atom. The molecule has 0 saturated carbocycles. The number of hydrogen-bond acceptors (Lipinski definition) is 5. The zero-order valence-corrected chi connectivity index (χ0v) is 11.4. The van der Waals surface area contributed by atoms with Crippen LogP contribution in [0.5, 0.6) is 5.75 Å². The SMILES string of the molecule is COCCN(c1ncnc(Cl)c1OC)C(C)C. The molecule has 0 amide bonds. The lowest BCUT2D eigenvalue weighted by Gasteiger charge is -2.28. The molecule has 1 heterocycles. The van der Waals surface area contributed by atoms with Gasteiger partial charge in [0.05, 0.1) is 13.7 Å². The van der Waals surface area contributed by atoms with Crippen molar-refractivity contribution in [3.8, 4) is 5.75 Å². The molecule has 0 unspecified atom stereocenters. The van der Waals surface area contributed by atoms with Gasteiger partial charge in [0.2, 0.25) is 0 Å². The molecule has 1 aromatic rings. The molecule has 1 rings (SSSR count). The Labute approximate surface area is 107 Å². The van der Waals surface area contributed by atoms with Gasteiger partial charge in [0.25, 0.3) is 0 Å². The molecule has 0 aliphatic carbocycles. The maximum absolute atomic E-state index is 5.98. The minimum Gasteiger partial charge on any atom is -0.490 e. The molecule has 5 nitrogen and oxygen atoms in total. The third-order valence-corrected chi connectivity index (χ3v) is 2.65. The molecule has 0 fully saturated rings. The third kappa shape index (κ3) is 3.44. The molecule has 6 heteroatoms. The highest BCUT2D eigenvalue weighted by atomic mass is 35.5. The van der Waals surface area contributed by atoms with E-state index in [4.69, 9.17) is 21.1 Å². The van der Waals surface area contributed by atoms with Crippen molar-refractivity contribution in [1.29, 1.82) is 0 Å². The van der Waals surface area contributed by atoms with E-state index in [0.717, 1.165) is 6.54 Å². The van der Waals surface area contributed by atoms with Crippen LogP contribution in [0.15, 0.2) is 6.33 Å². The predicted molar refractivity (Wildman–Crippen MR) is 68.0 cm³/mol. The number of aromatic nitrogens is 2. The van der Waals surface area contributed by atoms with E-state index in [-0.39, 0.29) is 6.04 Å². The monoisotopic (exact) mass is 259 g/mol. The fourth-order valence-corrected chi connectivity index (χ4v) is 1.73. The van der Waals surface area contributed by atoms with Crippen molar-refractivity contribution < 1.29 is 9.47 Å². The zero-order chi connectivity index (χ0) is 12.8. The van der Waals surface area contributed by atoms with Crippen LogP contribution in [0.1, 0.15) is 13.8 Å². The highest BCUT2D eigenvalue weighted by Gasteiger charge is 2.19. The van der Waals surface area contributed by atoms with Crippen LogP contribution in [-0.4, -0.2) is 43.4 Å². The van der Waals surface area contributed by atoms with Gasteiger partial charge in [-0.25, -0.2) is 9.97 Å². The van der Waals surface area contributed by atoms with Gasteiger partial charge in [0.15, 0.2) is 16.7 Å². The molecule has 17 heavy (non-hydrogen) atoms. The summed E-state index contributed by atoms with van der Waals surface area (Å²) in [6.45, 7) is 5.48. The fraction of sp³-hybridized carbons (Fsp3) is 0.636. The summed E-state index contributed by atoms with van der Waals surface area (Å²) in [6.07, 6.45) is 1.43. The summed E-state index contributed by atoms with van der Waals surface area (Å²) >= 11 is 5.98. The van der Waals surface area contributed by atoms with Crippen LogP contribution in [0.25, 0.3) is 0 Å². The molecule has 0 saturated heterocycles. The molecule has 96 valence electrons. The van der Waals surface area contributed by atoms with Gasteiger partial charge in [-0.05, 0) is 13.8 Å². The highest BCUT2D eigenvalue weighted by molar-refractivity contribution is 6.31. The summed E-state index contributed by atoms with van der Waals surface area (Å²) in [6, 6.07) is 0.269. The van der Waals surface area contributed by atoms with Crippen LogP contribution >= 0.6 is 11.6 Å². The van der Waals surface area contributed by atoms with Gasteiger partial charge >= 0.3 is 0 Å². The smallest absolute Gasteiger partial charge is 0.199 e. The van der Waals surface area contributed by atoms with Gasteiger partial charge in [-0.3, -0.25) is 0 Å². The van der Waals surface area contributed by atoms with Gasteiger partial charge in [-0.2, -0.15) is 0 Å². The Hall–Kier alpha value is -1.07. The van der Waals surface area contributed by atoms with Crippen molar-refractivity contribution in [1.82, 2.24) is 9.97 Å². The number of halogens is 1. The van der Waals surface area contributed by atoms with E-state index in [1.165, 1.54) is 6.33 Å². The van der Waals surface area contributed by atoms with Crippen molar-refractivity contribution in [3.05, 3.63) is 11.5 Å². The topological polar surface area (TPSA) is 47.5 Å². The quantitative estimate of drug-likeness (QED) is 0.732. The summed E-state index contributed by atoms with van der Waals surface area (Å²) < 4.78 is 10.3. The number of methoxy groups -OCH3 is 2. The average molecular weight is 260 g/mol. The fourth-order valence-electron chi connectivity index (χ4n) is 1.52. The van der Waals surface area contributed by atoms with E-state index in [1.54, 1.807) is 14.2 Å². The molecular formula is C11H18ClN3O2. The molecule has 0 bridgehead atoms. The summed E-state index contributed by atoms with van der Waals surface area (Å²) in [5.41, 5.74) is 0. The molecule has 0 spiro atoms. The Bertz CT molecular complexity index is 361. The van der Waals surface area contributed by atoms with Gasteiger partial charge in [-0.1, -0.05) is 11.6 Å². The first-order valence-corrected chi connectivity index (χ1v) is 5.79. The van der Waals surface area contributed by atoms with Crippen LogP contribution in [0, 0.1) is 0 Å². The lowest BCUT2D eigenvalue weighted by Crippen LogP contribution is -2.34. The standard InChI is InChI=1S/C11H18ClN3O2/c1-8(2)15(5-6-16-3)11-9(17-4)10(12)13-7-14-11/h7-8H,5-6H2,1-4H3. The van der Waals surface area contributed by atoms with Crippen LogP contribution in [0.4, 0.5) is 5.82 Å². The number of ether oxygens (including phenoxy) is 2. The predicted octanol–water partition coefficient (Wildman–Crippen LogP) is 2.00. The highest BCUT2D eigenvalue weighted by Crippen LogP contribution is 2.32. The second-order valence-corrected chi connectivity index (χ2v) is 4.16. The molecular weight excluding hydrogens is 242 g/mol. The van der Waals surface area contributed by atoms with Gasteiger partial charge < -0.3 is 14.4 Å². The second-order valence-electron chi connectivity index (χ2n) is 3.80.